The maximum Gasteiger partial charge on any atom is 0.257 e. The molecule has 2 aliphatic rings. The molecule has 6 heteroatoms. The van der Waals surface area contributed by atoms with E-state index >= 15 is 0 Å². The molecule has 1 aromatic carbocycles. The van der Waals surface area contributed by atoms with Crippen molar-refractivity contribution >= 4 is 23.1 Å². The molecule has 2 aromatic rings. The minimum Gasteiger partial charge on any atom is -0.379 e. The van der Waals surface area contributed by atoms with Crippen molar-refractivity contribution in [2.75, 3.05) is 49.6 Å². The Morgan fingerprint density at radius 2 is 1.88 bits per heavy atom. The summed E-state index contributed by atoms with van der Waals surface area (Å²) >= 11 is 0. The Morgan fingerprint density at radius 3 is 2.77 bits per heavy atom. The molecule has 0 atom stereocenters. The highest BCUT2D eigenvalue weighted by molar-refractivity contribution is 6.12. The second-order valence-corrected chi connectivity index (χ2v) is 6.17. The lowest BCUT2D eigenvalue weighted by Crippen LogP contribution is -2.36. The van der Waals surface area contributed by atoms with E-state index in [0.29, 0.717) is 23.6 Å². The van der Waals surface area contributed by atoms with Crippen molar-refractivity contribution in [1.82, 2.24) is 9.88 Å². The number of nitrogens with one attached hydrogen (secondary N) is 1. The number of carbonyl (C=O) groups excluding carboxylic acids is 1. The van der Waals surface area contributed by atoms with E-state index in [-0.39, 0.29) is 5.91 Å². The summed E-state index contributed by atoms with van der Waals surface area (Å²) < 4.78 is 5.36. The zero-order valence-electron chi connectivity index (χ0n) is 14.4. The maximum absolute atomic E-state index is 12.5. The van der Waals surface area contributed by atoms with Crippen LogP contribution in [0.4, 0.5) is 17.2 Å². The van der Waals surface area contributed by atoms with Crippen LogP contribution in [0.15, 0.2) is 42.6 Å². The van der Waals surface area contributed by atoms with Gasteiger partial charge < -0.3 is 15.0 Å². The number of morpholine rings is 1. The summed E-state index contributed by atoms with van der Waals surface area (Å²) in [7, 11) is 0. The average Bonchev–Trinajstić information content (AvgIpc) is 2.81. The predicted molar refractivity (Wildman–Crippen MR) is 101 cm³/mol. The highest BCUT2D eigenvalue weighted by Crippen LogP contribution is 2.35. The van der Waals surface area contributed by atoms with Gasteiger partial charge in [-0.15, -0.1) is 0 Å². The molecule has 1 aromatic heterocycles. The van der Waals surface area contributed by atoms with Gasteiger partial charge in [0.05, 0.1) is 43.2 Å². The van der Waals surface area contributed by atoms with Crippen LogP contribution in [0.3, 0.4) is 0 Å². The van der Waals surface area contributed by atoms with E-state index in [0.717, 1.165) is 38.5 Å². The summed E-state index contributed by atoms with van der Waals surface area (Å²) in [5, 5.41) is 2.94. The highest BCUT2D eigenvalue weighted by atomic mass is 16.5. The van der Waals surface area contributed by atoms with E-state index in [2.05, 4.69) is 27.0 Å². The van der Waals surface area contributed by atoms with Crippen LogP contribution in [0, 0.1) is 11.8 Å². The molecule has 2 aliphatic heterocycles. The molecule has 1 saturated heterocycles. The summed E-state index contributed by atoms with van der Waals surface area (Å²) in [5.74, 6) is 7.07. The Bertz CT molecular complexity index is 865. The van der Waals surface area contributed by atoms with Crippen LogP contribution in [0.5, 0.6) is 0 Å². The van der Waals surface area contributed by atoms with Crippen molar-refractivity contribution in [2.24, 2.45) is 0 Å². The largest absolute Gasteiger partial charge is 0.379 e. The number of para-hydroxylation sites is 1. The number of pyridine rings is 1. The molecule has 0 saturated carbocycles. The lowest BCUT2D eigenvalue weighted by Gasteiger charge is -2.24. The van der Waals surface area contributed by atoms with Gasteiger partial charge in [0.25, 0.3) is 5.91 Å². The Balaban J connectivity index is 1.60. The fraction of sp³-hybridized carbons (Fsp3) is 0.300. The second-order valence-electron chi connectivity index (χ2n) is 6.17. The summed E-state index contributed by atoms with van der Waals surface area (Å²) in [6, 6.07) is 11.2. The van der Waals surface area contributed by atoms with Gasteiger partial charge in [-0.25, -0.2) is 4.98 Å². The van der Waals surface area contributed by atoms with Crippen LogP contribution in [-0.4, -0.2) is 55.2 Å². The average molecular weight is 348 g/mol. The zero-order chi connectivity index (χ0) is 17.8. The molecule has 26 heavy (non-hydrogen) atoms. The van der Waals surface area contributed by atoms with Crippen LogP contribution >= 0.6 is 0 Å². The number of carbonyl (C=O) groups is 1. The Labute approximate surface area is 152 Å². The topological polar surface area (TPSA) is 57.7 Å². The number of fused-ring (bicyclic) bond motifs is 2. The molecule has 0 spiro atoms. The molecule has 0 radical (unpaired) electrons. The minimum absolute atomic E-state index is 0.126. The third-order valence-electron chi connectivity index (χ3n) is 4.50. The normalized spacial score (nSPS) is 16.6. The molecule has 1 amide bonds. The van der Waals surface area contributed by atoms with Gasteiger partial charge in [0.15, 0.2) is 5.82 Å². The van der Waals surface area contributed by atoms with E-state index < -0.39 is 0 Å². The Hall–Kier alpha value is -2.88. The highest BCUT2D eigenvalue weighted by Gasteiger charge is 2.25. The van der Waals surface area contributed by atoms with Gasteiger partial charge in [0.1, 0.15) is 0 Å². The van der Waals surface area contributed by atoms with Crippen molar-refractivity contribution in [3.05, 3.63) is 48.2 Å². The van der Waals surface area contributed by atoms with E-state index in [1.165, 1.54) is 0 Å². The molecule has 1 N–H and O–H groups in total. The first-order chi connectivity index (χ1) is 12.8. The van der Waals surface area contributed by atoms with Crippen LogP contribution in [-0.2, 0) is 4.74 Å². The van der Waals surface area contributed by atoms with E-state index in [4.69, 9.17) is 4.74 Å². The lowest BCUT2D eigenvalue weighted by molar-refractivity contribution is 0.0443. The lowest BCUT2D eigenvalue weighted by atomic mass is 10.1. The van der Waals surface area contributed by atoms with Crippen molar-refractivity contribution < 1.29 is 9.53 Å². The SMILES string of the molecule is O=C1Nc2cccnc2N(CC#CCN2CCOCC2)c2ccccc21. The third-order valence-corrected chi connectivity index (χ3v) is 4.50. The summed E-state index contributed by atoms with van der Waals surface area (Å²) in [5.41, 5.74) is 2.15. The number of nitrogens with zero attached hydrogens (tertiary/aromatic N) is 3. The minimum atomic E-state index is -0.126. The molecular weight excluding hydrogens is 328 g/mol. The predicted octanol–water partition coefficient (Wildman–Crippen LogP) is 2.12. The number of amides is 1. The Morgan fingerprint density at radius 1 is 1.08 bits per heavy atom. The third kappa shape index (κ3) is 3.40. The first-order valence-corrected chi connectivity index (χ1v) is 8.72. The van der Waals surface area contributed by atoms with Crippen LogP contribution < -0.4 is 10.2 Å². The fourth-order valence-electron chi connectivity index (χ4n) is 3.14. The molecule has 0 bridgehead atoms. The standard InChI is InChI=1S/C20H20N4O2/c25-20-16-6-1-2-8-18(16)24(19-17(22-20)7-5-9-21-19)11-4-3-10-23-12-14-26-15-13-23/h1-2,5-9H,10-15H2,(H,22,25). The molecule has 3 heterocycles. The molecule has 0 aliphatic carbocycles. The van der Waals surface area contributed by atoms with Gasteiger partial charge in [-0.3, -0.25) is 9.69 Å². The first kappa shape index (κ1) is 16.6. The quantitative estimate of drug-likeness (QED) is 0.843. The molecule has 1 fully saturated rings. The van der Waals surface area contributed by atoms with Crippen molar-refractivity contribution in [3.63, 3.8) is 0 Å². The summed E-state index contributed by atoms with van der Waals surface area (Å²) in [6.07, 6.45) is 1.73. The molecular formula is C20H20N4O2. The van der Waals surface area contributed by atoms with Gasteiger partial charge in [-0.2, -0.15) is 0 Å². The number of anilines is 3. The molecule has 0 unspecified atom stereocenters. The molecule has 4 rings (SSSR count). The monoisotopic (exact) mass is 348 g/mol. The number of ether oxygens (including phenoxy) is 1. The van der Waals surface area contributed by atoms with Crippen LogP contribution in [0.25, 0.3) is 0 Å². The van der Waals surface area contributed by atoms with Crippen molar-refractivity contribution in [3.8, 4) is 11.8 Å². The fourth-order valence-corrected chi connectivity index (χ4v) is 3.14. The van der Waals surface area contributed by atoms with Crippen molar-refractivity contribution in [1.29, 1.82) is 0 Å². The van der Waals surface area contributed by atoms with Gasteiger partial charge in [0, 0.05) is 19.3 Å². The van der Waals surface area contributed by atoms with Gasteiger partial charge in [0.2, 0.25) is 0 Å². The van der Waals surface area contributed by atoms with E-state index in [1.54, 1.807) is 6.20 Å². The Kier molecular flexibility index (Phi) is 4.82. The maximum atomic E-state index is 12.5. The van der Waals surface area contributed by atoms with Gasteiger partial charge in [-0.05, 0) is 24.3 Å². The smallest absolute Gasteiger partial charge is 0.257 e. The number of hydrogen-bond acceptors (Lipinski definition) is 5. The van der Waals surface area contributed by atoms with Gasteiger partial charge >= 0.3 is 0 Å². The zero-order valence-corrected chi connectivity index (χ0v) is 14.4. The summed E-state index contributed by atoms with van der Waals surface area (Å²) in [6.45, 7) is 4.58. The van der Waals surface area contributed by atoms with E-state index in [9.17, 15) is 4.79 Å². The molecule has 132 valence electrons. The van der Waals surface area contributed by atoms with Gasteiger partial charge in [-0.1, -0.05) is 24.0 Å². The van der Waals surface area contributed by atoms with Crippen LogP contribution in [0.1, 0.15) is 10.4 Å². The second kappa shape index (κ2) is 7.56. The van der Waals surface area contributed by atoms with Crippen molar-refractivity contribution in [2.45, 2.75) is 0 Å². The number of hydrogen-bond donors (Lipinski definition) is 1. The number of benzene rings is 1. The van der Waals surface area contributed by atoms with E-state index in [1.807, 2.05) is 41.3 Å². The van der Waals surface area contributed by atoms with Crippen LogP contribution in [0.2, 0.25) is 0 Å². The number of aromatic nitrogens is 1. The number of rotatable bonds is 2. The first-order valence-electron chi connectivity index (χ1n) is 8.72. The molecule has 6 nitrogen and oxygen atoms in total. The summed E-state index contributed by atoms with van der Waals surface area (Å²) in [4.78, 5) is 21.3.